The van der Waals surface area contributed by atoms with Crippen molar-refractivity contribution in [3.63, 3.8) is 0 Å². The van der Waals surface area contributed by atoms with Crippen LogP contribution < -0.4 is 0 Å². The highest BCUT2D eigenvalue weighted by molar-refractivity contribution is 6.33. The summed E-state index contributed by atoms with van der Waals surface area (Å²) in [6.45, 7) is 4.54. The second kappa shape index (κ2) is 7.70. The number of aromatic amines is 1. The molecule has 0 aliphatic carbocycles. The average Bonchev–Trinajstić information content (AvgIpc) is 2.87. The SMILES string of the molecule is COC(=O)c1c(C)[nH]c(C(=O)C(C)OC(=O)c2c(F)cccc2Cl)c1C. The molecule has 0 spiro atoms. The van der Waals surface area contributed by atoms with Crippen LogP contribution in [0.3, 0.4) is 0 Å². The summed E-state index contributed by atoms with van der Waals surface area (Å²) in [4.78, 5) is 39.4. The normalized spacial score (nSPS) is 11.8. The van der Waals surface area contributed by atoms with E-state index in [0.717, 1.165) is 6.07 Å². The fraction of sp³-hybridized carbons (Fsp3) is 0.278. The van der Waals surface area contributed by atoms with Gasteiger partial charge in [0.25, 0.3) is 0 Å². The van der Waals surface area contributed by atoms with E-state index in [4.69, 9.17) is 16.3 Å². The van der Waals surface area contributed by atoms with Gasteiger partial charge in [0, 0.05) is 5.69 Å². The van der Waals surface area contributed by atoms with Gasteiger partial charge < -0.3 is 14.5 Å². The van der Waals surface area contributed by atoms with Crippen molar-refractivity contribution in [2.75, 3.05) is 7.11 Å². The first-order valence-corrected chi connectivity index (χ1v) is 8.03. The lowest BCUT2D eigenvalue weighted by Crippen LogP contribution is -2.26. The molecule has 2 rings (SSSR count). The number of ether oxygens (including phenoxy) is 2. The summed E-state index contributed by atoms with van der Waals surface area (Å²) in [6.07, 6.45) is -1.22. The predicted octanol–water partition coefficient (Wildman–Crippen LogP) is 3.64. The molecule has 1 heterocycles. The Balaban J connectivity index is 2.26. The number of Topliss-reactive ketones (excluding diaryl/α,β-unsaturated/α-hetero) is 1. The van der Waals surface area contributed by atoms with Crippen LogP contribution in [0.15, 0.2) is 18.2 Å². The first-order valence-electron chi connectivity index (χ1n) is 7.65. The zero-order chi connectivity index (χ0) is 19.6. The van der Waals surface area contributed by atoms with Crippen LogP contribution in [0.25, 0.3) is 0 Å². The molecule has 1 N–H and O–H groups in total. The van der Waals surface area contributed by atoms with Gasteiger partial charge in [-0.3, -0.25) is 4.79 Å². The van der Waals surface area contributed by atoms with Crippen molar-refractivity contribution in [1.82, 2.24) is 4.98 Å². The summed E-state index contributed by atoms with van der Waals surface area (Å²) in [5.74, 6) is -3.05. The first kappa shape index (κ1) is 19.7. The van der Waals surface area contributed by atoms with Crippen LogP contribution in [0.2, 0.25) is 5.02 Å². The van der Waals surface area contributed by atoms with E-state index in [1.54, 1.807) is 13.8 Å². The van der Waals surface area contributed by atoms with Gasteiger partial charge in [0.15, 0.2) is 6.10 Å². The summed E-state index contributed by atoms with van der Waals surface area (Å²) >= 11 is 5.82. The highest BCUT2D eigenvalue weighted by Crippen LogP contribution is 2.23. The molecule has 1 unspecified atom stereocenters. The lowest BCUT2D eigenvalue weighted by Gasteiger charge is -2.13. The number of rotatable bonds is 5. The van der Waals surface area contributed by atoms with Crippen molar-refractivity contribution < 1.29 is 28.2 Å². The van der Waals surface area contributed by atoms with Crippen LogP contribution in [-0.2, 0) is 9.47 Å². The van der Waals surface area contributed by atoms with E-state index in [1.165, 1.54) is 26.2 Å². The minimum absolute atomic E-state index is 0.114. The third kappa shape index (κ3) is 3.62. The summed E-state index contributed by atoms with van der Waals surface area (Å²) < 4.78 is 23.5. The van der Waals surface area contributed by atoms with E-state index in [9.17, 15) is 18.8 Å². The van der Waals surface area contributed by atoms with Crippen LogP contribution in [0.5, 0.6) is 0 Å². The highest BCUT2D eigenvalue weighted by Gasteiger charge is 2.28. The Bertz CT molecular complexity index is 870. The Hall–Kier alpha value is -2.67. The zero-order valence-electron chi connectivity index (χ0n) is 14.6. The largest absolute Gasteiger partial charge is 0.465 e. The number of H-pyrrole nitrogens is 1. The summed E-state index contributed by atoms with van der Waals surface area (Å²) in [5, 5.41) is -0.116. The number of carbonyl (C=O) groups excluding carboxylic acids is 3. The summed E-state index contributed by atoms with van der Waals surface area (Å²) in [6, 6.07) is 3.76. The number of benzene rings is 1. The molecule has 1 aromatic heterocycles. The van der Waals surface area contributed by atoms with Gasteiger partial charge in [0.2, 0.25) is 5.78 Å². The Labute approximate surface area is 154 Å². The molecule has 1 atom stereocenters. The summed E-state index contributed by atoms with van der Waals surface area (Å²) in [5.41, 5.74) is 0.748. The van der Waals surface area contributed by atoms with Crippen LogP contribution in [-0.4, -0.2) is 35.9 Å². The van der Waals surface area contributed by atoms with Crippen molar-refractivity contribution in [1.29, 1.82) is 0 Å². The molecule has 6 nitrogen and oxygen atoms in total. The highest BCUT2D eigenvalue weighted by atomic mass is 35.5. The molecule has 0 fully saturated rings. The Kier molecular flexibility index (Phi) is 5.82. The fourth-order valence-corrected chi connectivity index (χ4v) is 2.81. The number of nitrogens with one attached hydrogen (secondary N) is 1. The molecule has 8 heteroatoms. The van der Waals surface area contributed by atoms with Gasteiger partial charge in [0.1, 0.15) is 11.4 Å². The molecule has 0 saturated heterocycles. The molecular formula is C18H17ClFNO5. The number of aromatic nitrogens is 1. The lowest BCUT2D eigenvalue weighted by atomic mass is 10.1. The van der Waals surface area contributed by atoms with Gasteiger partial charge in [-0.05, 0) is 38.5 Å². The average molecular weight is 382 g/mol. The number of methoxy groups -OCH3 is 1. The number of aryl methyl sites for hydroxylation is 1. The second-order valence-electron chi connectivity index (χ2n) is 5.63. The van der Waals surface area contributed by atoms with E-state index < -0.39 is 35.2 Å². The predicted molar refractivity (Wildman–Crippen MR) is 92.2 cm³/mol. The molecule has 0 bridgehead atoms. The number of carbonyl (C=O) groups is 3. The minimum Gasteiger partial charge on any atom is -0.465 e. The third-order valence-corrected chi connectivity index (χ3v) is 4.21. The third-order valence-electron chi connectivity index (χ3n) is 3.89. The first-order chi connectivity index (χ1) is 12.2. The standard InChI is InChI=1S/C18H17ClFNO5/c1-8-13(17(23)25-4)9(2)21-15(8)16(22)10(3)26-18(24)14-11(19)6-5-7-12(14)20/h5-7,10,21H,1-4H3. The van der Waals surface area contributed by atoms with Crippen molar-refractivity contribution in [2.45, 2.75) is 26.9 Å². The van der Waals surface area contributed by atoms with E-state index in [2.05, 4.69) is 9.72 Å². The molecule has 0 amide bonds. The molecule has 2 aromatic rings. The van der Waals surface area contributed by atoms with Crippen LogP contribution in [0, 0.1) is 19.7 Å². The van der Waals surface area contributed by atoms with Crippen molar-refractivity contribution in [3.8, 4) is 0 Å². The smallest absolute Gasteiger partial charge is 0.343 e. The Morgan fingerprint density at radius 2 is 1.81 bits per heavy atom. The molecule has 0 saturated carbocycles. The van der Waals surface area contributed by atoms with Crippen molar-refractivity contribution in [2.24, 2.45) is 0 Å². The quantitative estimate of drug-likeness (QED) is 0.631. The minimum atomic E-state index is -1.22. The van der Waals surface area contributed by atoms with Gasteiger partial charge in [0.05, 0.1) is 23.4 Å². The number of ketones is 1. The lowest BCUT2D eigenvalue weighted by molar-refractivity contribution is 0.0312. The number of esters is 2. The summed E-state index contributed by atoms with van der Waals surface area (Å²) in [7, 11) is 1.23. The van der Waals surface area contributed by atoms with Gasteiger partial charge in [-0.2, -0.15) is 0 Å². The number of hydrogen-bond acceptors (Lipinski definition) is 5. The second-order valence-corrected chi connectivity index (χ2v) is 6.03. The van der Waals surface area contributed by atoms with Crippen molar-refractivity contribution >= 4 is 29.3 Å². The molecule has 0 aliphatic rings. The maximum atomic E-state index is 13.8. The number of halogens is 2. The van der Waals surface area contributed by atoms with Crippen LogP contribution in [0.1, 0.15) is 49.4 Å². The van der Waals surface area contributed by atoms with E-state index in [0.29, 0.717) is 11.3 Å². The molecule has 0 radical (unpaired) electrons. The van der Waals surface area contributed by atoms with Gasteiger partial charge in [-0.1, -0.05) is 17.7 Å². The van der Waals surface area contributed by atoms with Crippen molar-refractivity contribution in [3.05, 3.63) is 57.1 Å². The monoisotopic (exact) mass is 381 g/mol. The maximum Gasteiger partial charge on any atom is 0.343 e. The molecule has 0 aliphatic heterocycles. The molecule has 26 heavy (non-hydrogen) atoms. The van der Waals surface area contributed by atoms with Crippen LogP contribution in [0.4, 0.5) is 4.39 Å². The maximum absolute atomic E-state index is 13.8. The van der Waals surface area contributed by atoms with Gasteiger partial charge >= 0.3 is 11.9 Å². The Morgan fingerprint density at radius 1 is 1.15 bits per heavy atom. The molecular weight excluding hydrogens is 365 g/mol. The van der Waals surface area contributed by atoms with E-state index >= 15 is 0 Å². The number of hydrogen-bond donors (Lipinski definition) is 1. The Morgan fingerprint density at radius 3 is 2.38 bits per heavy atom. The van der Waals surface area contributed by atoms with Gasteiger partial charge in [-0.25, -0.2) is 14.0 Å². The van der Waals surface area contributed by atoms with Gasteiger partial charge in [-0.15, -0.1) is 0 Å². The van der Waals surface area contributed by atoms with E-state index in [-0.39, 0.29) is 16.3 Å². The topological polar surface area (TPSA) is 85.5 Å². The fourth-order valence-electron chi connectivity index (χ4n) is 2.57. The van der Waals surface area contributed by atoms with Crippen LogP contribution >= 0.6 is 11.6 Å². The zero-order valence-corrected chi connectivity index (χ0v) is 15.4. The molecule has 1 aromatic carbocycles. The van der Waals surface area contributed by atoms with E-state index in [1.807, 2.05) is 0 Å². The molecule has 138 valence electrons.